The Hall–Kier alpha value is -2.91. The van der Waals surface area contributed by atoms with Crippen molar-refractivity contribution >= 4 is 6.09 Å². The fourth-order valence-corrected chi connectivity index (χ4v) is 4.49. The van der Waals surface area contributed by atoms with E-state index in [2.05, 4.69) is 4.98 Å². The van der Waals surface area contributed by atoms with E-state index >= 15 is 0 Å². The first-order valence-electron chi connectivity index (χ1n) is 9.67. The number of aliphatic hydroxyl groups is 1. The number of rotatable bonds is 3. The first-order chi connectivity index (χ1) is 13.6. The third-order valence-corrected chi connectivity index (χ3v) is 5.84. The minimum Gasteiger partial charge on any atom is -0.445 e. The highest BCUT2D eigenvalue weighted by atomic mass is 16.6. The second-order valence-electron chi connectivity index (χ2n) is 7.67. The third-order valence-electron chi connectivity index (χ3n) is 5.84. The van der Waals surface area contributed by atoms with Gasteiger partial charge in [0.05, 0.1) is 5.60 Å². The number of pyridine rings is 1. The lowest BCUT2D eigenvalue weighted by Gasteiger charge is -2.51. The van der Waals surface area contributed by atoms with Crippen LogP contribution in [0, 0.1) is 11.3 Å². The number of nitrogens with zero attached hydrogens (tertiary/aromatic N) is 3. The van der Waals surface area contributed by atoms with Gasteiger partial charge in [-0.2, -0.15) is 5.26 Å². The van der Waals surface area contributed by atoms with Crippen LogP contribution in [-0.2, 0) is 16.9 Å². The minimum atomic E-state index is -1.03. The highest BCUT2D eigenvalue weighted by molar-refractivity contribution is 5.69. The van der Waals surface area contributed by atoms with E-state index in [1.807, 2.05) is 41.3 Å². The van der Waals surface area contributed by atoms with Crippen LogP contribution in [0.25, 0.3) is 0 Å². The molecule has 0 aliphatic carbocycles. The van der Waals surface area contributed by atoms with Crippen LogP contribution in [0.2, 0.25) is 0 Å². The van der Waals surface area contributed by atoms with Gasteiger partial charge in [-0.25, -0.2) is 9.78 Å². The number of ether oxygens (including phenoxy) is 1. The van der Waals surface area contributed by atoms with Crippen molar-refractivity contribution in [3.05, 3.63) is 65.5 Å². The molecule has 144 valence electrons. The summed E-state index contributed by atoms with van der Waals surface area (Å²) in [5, 5.41) is 20.2. The van der Waals surface area contributed by atoms with Crippen LogP contribution in [0.15, 0.2) is 48.7 Å². The number of piperidine rings is 2. The van der Waals surface area contributed by atoms with Crippen molar-refractivity contribution in [2.45, 2.75) is 56.4 Å². The average Bonchev–Trinajstić information content (AvgIpc) is 2.72. The Bertz CT molecular complexity index is 862. The molecule has 2 bridgehead atoms. The van der Waals surface area contributed by atoms with Gasteiger partial charge in [0.1, 0.15) is 18.4 Å². The van der Waals surface area contributed by atoms with Crippen molar-refractivity contribution in [2.75, 3.05) is 0 Å². The van der Waals surface area contributed by atoms with Gasteiger partial charge in [-0.3, -0.25) is 0 Å². The van der Waals surface area contributed by atoms with Crippen LogP contribution in [0.4, 0.5) is 4.79 Å². The zero-order valence-corrected chi connectivity index (χ0v) is 15.6. The number of hydrogen-bond acceptors (Lipinski definition) is 5. The fourth-order valence-electron chi connectivity index (χ4n) is 4.49. The summed E-state index contributed by atoms with van der Waals surface area (Å²) in [6, 6.07) is 14.9. The molecular weight excluding hydrogens is 354 g/mol. The lowest BCUT2D eigenvalue weighted by Crippen LogP contribution is -2.58. The second kappa shape index (κ2) is 7.61. The second-order valence-corrected chi connectivity index (χ2v) is 7.67. The highest BCUT2D eigenvalue weighted by Crippen LogP contribution is 2.44. The Balaban J connectivity index is 1.48. The van der Waals surface area contributed by atoms with Crippen molar-refractivity contribution in [3.8, 4) is 6.07 Å². The highest BCUT2D eigenvalue weighted by Gasteiger charge is 2.48. The molecule has 2 aromatic rings. The normalized spacial score (nSPS) is 26.4. The van der Waals surface area contributed by atoms with E-state index in [9.17, 15) is 9.90 Å². The van der Waals surface area contributed by atoms with Crippen molar-refractivity contribution in [3.63, 3.8) is 0 Å². The molecule has 2 saturated heterocycles. The Kier molecular flexibility index (Phi) is 5.01. The molecule has 4 rings (SSSR count). The van der Waals surface area contributed by atoms with Crippen LogP contribution >= 0.6 is 0 Å². The van der Waals surface area contributed by atoms with Crippen LogP contribution in [0.1, 0.15) is 48.9 Å². The molecule has 1 N–H and O–H groups in total. The summed E-state index contributed by atoms with van der Waals surface area (Å²) >= 11 is 0. The quantitative estimate of drug-likeness (QED) is 0.885. The van der Waals surface area contributed by atoms with E-state index in [1.165, 1.54) is 0 Å². The third kappa shape index (κ3) is 3.58. The molecule has 2 aliphatic rings. The Morgan fingerprint density at radius 3 is 2.54 bits per heavy atom. The molecule has 0 radical (unpaired) electrons. The summed E-state index contributed by atoms with van der Waals surface area (Å²) in [6.45, 7) is 0.249. The molecule has 0 spiro atoms. The monoisotopic (exact) mass is 377 g/mol. The molecule has 2 atom stereocenters. The van der Waals surface area contributed by atoms with Crippen LogP contribution in [0.3, 0.4) is 0 Å². The van der Waals surface area contributed by atoms with E-state index in [-0.39, 0.29) is 24.8 Å². The van der Waals surface area contributed by atoms with E-state index < -0.39 is 5.60 Å². The number of carbonyl (C=O) groups is 1. The molecule has 2 unspecified atom stereocenters. The Labute approximate surface area is 164 Å². The van der Waals surface area contributed by atoms with Crippen molar-refractivity contribution in [2.24, 2.45) is 0 Å². The fraction of sp³-hybridized carbons (Fsp3) is 0.409. The van der Waals surface area contributed by atoms with Crippen LogP contribution in [-0.4, -0.2) is 33.2 Å². The lowest BCUT2D eigenvalue weighted by atomic mass is 9.73. The number of amides is 1. The van der Waals surface area contributed by atoms with Gasteiger partial charge in [-0.1, -0.05) is 36.4 Å². The maximum absolute atomic E-state index is 12.8. The van der Waals surface area contributed by atoms with Gasteiger partial charge in [0.2, 0.25) is 0 Å². The van der Waals surface area contributed by atoms with Crippen molar-refractivity contribution < 1.29 is 14.6 Å². The van der Waals surface area contributed by atoms with Gasteiger partial charge in [0.15, 0.2) is 0 Å². The molecule has 2 fully saturated rings. The zero-order chi connectivity index (χ0) is 19.6. The summed E-state index contributed by atoms with van der Waals surface area (Å²) in [5.74, 6) is 0. The summed E-state index contributed by atoms with van der Waals surface area (Å²) in [4.78, 5) is 18.7. The van der Waals surface area contributed by atoms with Gasteiger partial charge in [0.25, 0.3) is 0 Å². The number of nitriles is 1. The van der Waals surface area contributed by atoms with Gasteiger partial charge < -0.3 is 14.7 Å². The summed E-state index contributed by atoms with van der Waals surface area (Å²) < 4.78 is 5.57. The summed E-state index contributed by atoms with van der Waals surface area (Å²) in [7, 11) is 0. The van der Waals surface area contributed by atoms with E-state index in [1.54, 1.807) is 18.3 Å². The van der Waals surface area contributed by atoms with Crippen molar-refractivity contribution in [1.82, 2.24) is 9.88 Å². The lowest BCUT2D eigenvalue weighted by molar-refractivity contribution is -0.0897. The standard InChI is InChI=1S/C22H23N3O3/c23-13-18-10-9-17(14-24-18)22(27)11-19-7-4-8-20(12-22)25(19)21(26)28-15-16-5-2-1-3-6-16/h1-3,5-6,9-10,14,19-20,27H,4,7-8,11-12,15H2. The van der Waals surface area contributed by atoms with Gasteiger partial charge in [-0.15, -0.1) is 0 Å². The molecule has 1 aromatic carbocycles. The van der Waals surface area contributed by atoms with Gasteiger partial charge in [-0.05, 0) is 30.9 Å². The maximum atomic E-state index is 12.8. The zero-order valence-electron chi connectivity index (χ0n) is 15.6. The summed E-state index contributed by atoms with van der Waals surface area (Å²) in [5.41, 5.74) is 0.959. The molecule has 1 amide bonds. The first-order valence-corrected chi connectivity index (χ1v) is 9.67. The number of fused-ring (bicyclic) bond motifs is 2. The Morgan fingerprint density at radius 2 is 1.93 bits per heavy atom. The van der Waals surface area contributed by atoms with Crippen LogP contribution in [0.5, 0.6) is 0 Å². The molecule has 1 aromatic heterocycles. The maximum Gasteiger partial charge on any atom is 0.410 e. The molecule has 6 heteroatoms. The average molecular weight is 377 g/mol. The molecular formula is C22H23N3O3. The number of carbonyl (C=O) groups excluding carboxylic acids is 1. The minimum absolute atomic E-state index is 0.0589. The van der Waals surface area contributed by atoms with Gasteiger partial charge in [0, 0.05) is 36.7 Å². The van der Waals surface area contributed by atoms with Crippen molar-refractivity contribution in [1.29, 1.82) is 5.26 Å². The van der Waals surface area contributed by atoms with Gasteiger partial charge >= 0.3 is 6.09 Å². The predicted molar refractivity (Wildman–Crippen MR) is 102 cm³/mol. The Morgan fingerprint density at radius 1 is 1.21 bits per heavy atom. The topological polar surface area (TPSA) is 86.5 Å². The SMILES string of the molecule is N#Cc1ccc(C2(O)CC3CCCC(C2)N3C(=O)OCc2ccccc2)cn1. The van der Waals surface area contributed by atoms with Crippen LogP contribution < -0.4 is 0 Å². The largest absolute Gasteiger partial charge is 0.445 e. The molecule has 0 saturated carbocycles. The molecule has 28 heavy (non-hydrogen) atoms. The van der Waals surface area contributed by atoms with E-state index in [0.717, 1.165) is 24.8 Å². The predicted octanol–water partition coefficient (Wildman–Crippen LogP) is 3.49. The summed E-state index contributed by atoms with van der Waals surface area (Å²) in [6.07, 6.45) is 4.93. The molecule has 2 aliphatic heterocycles. The molecule has 6 nitrogen and oxygen atoms in total. The number of aromatic nitrogens is 1. The molecule has 3 heterocycles. The number of hydrogen-bond donors (Lipinski definition) is 1. The van der Waals surface area contributed by atoms with E-state index in [4.69, 9.17) is 10.00 Å². The smallest absolute Gasteiger partial charge is 0.410 e. The first kappa shape index (κ1) is 18.5. The van der Waals surface area contributed by atoms with E-state index in [0.29, 0.717) is 24.1 Å². The number of benzene rings is 1.